The van der Waals surface area contributed by atoms with Crippen LogP contribution in [-0.2, 0) is 19.8 Å². The van der Waals surface area contributed by atoms with Crippen LogP contribution in [0.2, 0.25) is 0 Å². The minimum atomic E-state index is -4.47. The molecule has 0 aliphatic carbocycles. The summed E-state index contributed by atoms with van der Waals surface area (Å²) in [5, 5.41) is 6.69. The Morgan fingerprint density at radius 1 is 1.35 bits per heavy atom. The number of nitrogens with zero attached hydrogens (tertiary/aromatic N) is 4. The Morgan fingerprint density at radius 2 is 2.15 bits per heavy atom. The number of halogens is 3. The van der Waals surface area contributed by atoms with Gasteiger partial charge in [-0.2, -0.15) is 18.3 Å². The first-order valence-corrected chi connectivity index (χ1v) is 8.61. The van der Waals surface area contributed by atoms with Crippen molar-refractivity contribution in [3.63, 3.8) is 0 Å². The Labute approximate surface area is 151 Å². The van der Waals surface area contributed by atoms with Crippen molar-refractivity contribution < 1.29 is 18.0 Å². The van der Waals surface area contributed by atoms with E-state index in [0.717, 1.165) is 35.1 Å². The van der Waals surface area contributed by atoms with Crippen molar-refractivity contribution in [1.29, 1.82) is 0 Å². The third-order valence-corrected chi connectivity index (χ3v) is 4.80. The van der Waals surface area contributed by atoms with E-state index in [1.807, 2.05) is 10.8 Å². The molecular weight excluding hydrogens is 367 g/mol. The minimum absolute atomic E-state index is 0.198. The number of carbonyl (C=O) groups excluding carboxylic acids is 1. The van der Waals surface area contributed by atoms with Crippen LogP contribution in [0, 0.1) is 0 Å². The molecule has 1 amide bonds. The third-order valence-electron chi connectivity index (χ3n) is 3.69. The van der Waals surface area contributed by atoms with E-state index in [4.69, 9.17) is 0 Å². The van der Waals surface area contributed by atoms with Crippen molar-refractivity contribution in [3.05, 3.63) is 47.5 Å². The zero-order valence-corrected chi connectivity index (χ0v) is 14.6. The summed E-state index contributed by atoms with van der Waals surface area (Å²) in [6, 6.07) is 4.18. The first kappa shape index (κ1) is 18.2. The van der Waals surface area contributed by atoms with E-state index in [9.17, 15) is 18.0 Å². The van der Waals surface area contributed by atoms with Crippen molar-refractivity contribution in [2.75, 3.05) is 6.54 Å². The molecule has 0 fully saturated rings. The van der Waals surface area contributed by atoms with E-state index in [0.29, 0.717) is 16.3 Å². The summed E-state index contributed by atoms with van der Waals surface area (Å²) >= 11 is 1.11. The second-order valence-electron chi connectivity index (χ2n) is 5.61. The van der Waals surface area contributed by atoms with E-state index < -0.39 is 11.9 Å². The van der Waals surface area contributed by atoms with Gasteiger partial charge in [-0.1, -0.05) is 0 Å². The van der Waals surface area contributed by atoms with Gasteiger partial charge in [0.25, 0.3) is 5.91 Å². The number of imidazole rings is 1. The molecule has 10 heteroatoms. The average Bonchev–Trinajstić information content (AvgIpc) is 3.30. The van der Waals surface area contributed by atoms with Crippen LogP contribution in [0.3, 0.4) is 0 Å². The Morgan fingerprint density at radius 3 is 2.81 bits per heavy atom. The number of amides is 1. The maximum atomic E-state index is 12.9. The fraction of sp³-hybridized carbons (Fsp3) is 0.312. The van der Waals surface area contributed by atoms with Crippen LogP contribution in [-0.4, -0.2) is 31.8 Å². The largest absolute Gasteiger partial charge is 0.433 e. The van der Waals surface area contributed by atoms with Gasteiger partial charge in [-0.05, 0) is 24.6 Å². The van der Waals surface area contributed by atoms with Crippen molar-refractivity contribution >= 4 is 17.2 Å². The van der Waals surface area contributed by atoms with E-state index in [1.54, 1.807) is 24.7 Å². The van der Waals surface area contributed by atoms with Gasteiger partial charge in [-0.25, -0.2) is 4.98 Å². The quantitative estimate of drug-likeness (QED) is 0.665. The third kappa shape index (κ3) is 4.13. The van der Waals surface area contributed by atoms with Gasteiger partial charge < -0.3 is 9.88 Å². The fourth-order valence-corrected chi connectivity index (χ4v) is 3.30. The van der Waals surface area contributed by atoms with Crippen molar-refractivity contribution in [2.45, 2.75) is 19.1 Å². The highest BCUT2D eigenvalue weighted by molar-refractivity contribution is 7.17. The van der Waals surface area contributed by atoms with E-state index in [2.05, 4.69) is 15.4 Å². The number of hydrogen-bond donors (Lipinski definition) is 1. The standard InChI is InChI=1S/C16H16F3N5OS/c1-23-14(16(17,18)19)9-11(22-23)12-3-4-13(26-12)15(25)21-5-2-7-24-8-6-20-10-24/h3-4,6,8-10H,2,5,7H2,1H3,(H,21,25). The predicted octanol–water partition coefficient (Wildman–Crippen LogP) is 3.18. The fourth-order valence-electron chi connectivity index (χ4n) is 2.42. The summed E-state index contributed by atoms with van der Waals surface area (Å²) in [6.07, 6.45) is 1.51. The van der Waals surface area contributed by atoms with Crippen LogP contribution in [0.15, 0.2) is 36.9 Å². The lowest BCUT2D eigenvalue weighted by Crippen LogP contribution is -2.24. The molecule has 0 spiro atoms. The molecule has 3 aromatic heterocycles. The topological polar surface area (TPSA) is 64.7 Å². The second-order valence-corrected chi connectivity index (χ2v) is 6.69. The van der Waals surface area contributed by atoms with Crippen LogP contribution in [0.1, 0.15) is 21.8 Å². The maximum Gasteiger partial charge on any atom is 0.433 e. The molecule has 3 aromatic rings. The van der Waals surface area contributed by atoms with Gasteiger partial charge in [0.15, 0.2) is 0 Å². The van der Waals surface area contributed by atoms with Crippen LogP contribution in [0.5, 0.6) is 0 Å². The number of rotatable bonds is 6. The van der Waals surface area contributed by atoms with E-state index in [-0.39, 0.29) is 11.6 Å². The molecule has 3 heterocycles. The highest BCUT2D eigenvalue weighted by Crippen LogP contribution is 2.34. The number of aryl methyl sites for hydroxylation is 2. The van der Waals surface area contributed by atoms with Crippen LogP contribution >= 0.6 is 11.3 Å². The summed E-state index contributed by atoms with van der Waals surface area (Å²) < 4.78 is 41.3. The molecule has 0 aliphatic heterocycles. The highest BCUT2D eigenvalue weighted by atomic mass is 32.1. The van der Waals surface area contributed by atoms with Crippen molar-refractivity contribution in [3.8, 4) is 10.6 Å². The van der Waals surface area contributed by atoms with Gasteiger partial charge >= 0.3 is 6.18 Å². The Kier molecular flexibility index (Phi) is 5.12. The lowest BCUT2D eigenvalue weighted by atomic mass is 10.3. The van der Waals surface area contributed by atoms with E-state index >= 15 is 0 Å². The van der Waals surface area contributed by atoms with Crippen LogP contribution < -0.4 is 5.32 Å². The van der Waals surface area contributed by atoms with Crippen molar-refractivity contribution in [2.24, 2.45) is 7.05 Å². The molecule has 0 atom stereocenters. The van der Waals surface area contributed by atoms with Crippen LogP contribution in [0.25, 0.3) is 10.6 Å². The average molecular weight is 383 g/mol. The molecule has 0 saturated carbocycles. The van der Waals surface area contributed by atoms with E-state index in [1.165, 1.54) is 7.05 Å². The van der Waals surface area contributed by atoms with Gasteiger partial charge in [0, 0.05) is 32.5 Å². The molecule has 6 nitrogen and oxygen atoms in total. The Bertz CT molecular complexity index is 882. The summed E-state index contributed by atoms with van der Waals surface area (Å²) in [5.41, 5.74) is -0.629. The lowest BCUT2D eigenvalue weighted by molar-refractivity contribution is -0.143. The van der Waals surface area contributed by atoms with Gasteiger partial charge in [-0.15, -0.1) is 11.3 Å². The van der Waals surface area contributed by atoms with Crippen LogP contribution in [0.4, 0.5) is 13.2 Å². The SMILES string of the molecule is Cn1nc(-c2ccc(C(=O)NCCCn3ccnc3)s2)cc1C(F)(F)F. The first-order chi connectivity index (χ1) is 12.3. The second kappa shape index (κ2) is 7.32. The smallest absolute Gasteiger partial charge is 0.351 e. The Hall–Kier alpha value is -2.62. The lowest BCUT2D eigenvalue weighted by Gasteiger charge is -2.04. The predicted molar refractivity (Wildman–Crippen MR) is 90.7 cm³/mol. The van der Waals surface area contributed by atoms with Gasteiger partial charge in [-0.3, -0.25) is 9.48 Å². The number of nitrogens with one attached hydrogen (secondary N) is 1. The number of alkyl halides is 3. The zero-order chi connectivity index (χ0) is 18.7. The van der Waals surface area contributed by atoms with Crippen molar-refractivity contribution in [1.82, 2.24) is 24.6 Å². The number of aromatic nitrogens is 4. The molecule has 0 aromatic carbocycles. The zero-order valence-electron chi connectivity index (χ0n) is 13.8. The summed E-state index contributed by atoms with van der Waals surface area (Å²) in [6.45, 7) is 1.23. The van der Waals surface area contributed by atoms with Gasteiger partial charge in [0.05, 0.1) is 16.1 Å². The minimum Gasteiger partial charge on any atom is -0.351 e. The highest BCUT2D eigenvalue weighted by Gasteiger charge is 2.35. The Balaban J connectivity index is 1.59. The number of hydrogen-bond acceptors (Lipinski definition) is 4. The normalized spacial score (nSPS) is 11.7. The van der Waals surface area contributed by atoms with Gasteiger partial charge in [0.1, 0.15) is 11.4 Å². The number of carbonyl (C=O) groups is 1. The molecule has 0 saturated heterocycles. The molecular formula is C16H16F3N5OS. The first-order valence-electron chi connectivity index (χ1n) is 7.80. The molecule has 3 rings (SSSR count). The monoisotopic (exact) mass is 383 g/mol. The van der Waals surface area contributed by atoms with Gasteiger partial charge in [0.2, 0.25) is 0 Å². The molecule has 138 valence electrons. The molecule has 26 heavy (non-hydrogen) atoms. The molecule has 0 bridgehead atoms. The summed E-state index contributed by atoms with van der Waals surface area (Å²) in [4.78, 5) is 17.0. The summed E-state index contributed by atoms with van der Waals surface area (Å²) in [7, 11) is 1.24. The summed E-state index contributed by atoms with van der Waals surface area (Å²) in [5.74, 6) is -0.251. The molecule has 0 radical (unpaired) electrons. The molecule has 0 unspecified atom stereocenters. The number of thiophene rings is 1. The molecule has 1 N–H and O–H groups in total. The maximum absolute atomic E-state index is 12.9. The molecule has 0 aliphatic rings.